The quantitative estimate of drug-likeness (QED) is 0.115. The molecule has 3 aromatic carbocycles. The molecule has 61 heavy (non-hydrogen) atoms. The number of halogens is 2. The first-order valence-electron chi connectivity index (χ1n) is 18.4. The van der Waals surface area contributed by atoms with Crippen LogP contribution in [0, 0.1) is 11.6 Å². The minimum atomic E-state index is -1.48. The summed E-state index contributed by atoms with van der Waals surface area (Å²) in [5.74, 6) is -6.26. The SMILES string of the molecule is CC(C)(C)OC(=O)c1occ(-c2nnc(Cc3ccc(F)cc3F)s2)c(=O)c1OCc1ccccc1.CC(C)(C)OC(=O)c1occ(C(=O)O)c(=O)c1OCc1ccccc1. The van der Waals surface area contributed by atoms with E-state index in [-0.39, 0.29) is 47.3 Å². The van der Waals surface area contributed by atoms with Gasteiger partial charge in [-0.3, -0.25) is 9.59 Å². The molecule has 1 N–H and O–H groups in total. The summed E-state index contributed by atoms with van der Waals surface area (Å²) in [6.07, 6.45) is 1.86. The van der Waals surface area contributed by atoms with E-state index in [0.29, 0.717) is 11.3 Å². The van der Waals surface area contributed by atoms with Gasteiger partial charge in [0.2, 0.25) is 22.4 Å². The van der Waals surface area contributed by atoms with Gasteiger partial charge in [-0.2, -0.15) is 0 Å². The highest BCUT2D eigenvalue weighted by molar-refractivity contribution is 7.14. The van der Waals surface area contributed by atoms with Gasteiger partial charge < -0.3 is 32.9 Å². The van der Waals surface area contributed by atoms with E-state index in [0.717, 1.165) is 40.9 Å². The fourth-order valence-corrected chi connectivity index (χ4v) is 5.97. The van der Waals surface area contributed by atoms with Crippen molar-refractivity contribution in [1.29, 1.82) is 0 Å². The van der Waals surface area contributed by atoms with E-state index in [1.807, 2.05) is 36.4 Å². The number of aromatic carboxylic acids is 1. The summed E-state index contributed by atoms with van der Waals surface area (Å²) in [5, 5.41) is 17.7. The molecule has 0 atom stereocenters. The first-order valence-corrected chi connectivity index (χ1v) is 19.2. The van der Waals surface area contributed by atoms with Crippen molar-refractivity contribution in [2.45, 2.75) is 72.4 Å². The molecule has 0 spiro atoms. The van der Waals surface area contributed by atoms with E-state index in [2.05, 4.69) is 10.2 Å². The van der Waals surface area contributed by atoms with Gasteiger partial charge in [0.25, 0.3) is 11.5 Å². The molecule has 14 nitrogen and oxygen atoms in total. The number of hydrogen-bond donors (Lipinski definition) is 1. The number of ether oxygens (including phenoxy) is 4. The number of carboxylic acids is 1. The van der Waals surface area contributed by atoms with Crippen LogP contribution in [-0.2, 0) is 29.1 Å². The van der Waals surface area contributed by atoms with Crippen molar-refractivity contribution in [1.82, 2.24) is 10.2 Å². The highest BCUT2D eigenvalue weighted by Crippen LogP contribution is 2.28. The summed E-state index contributed by atoms with van der Waals surface area (Å²) >= 11 is 1.04. The zero-order chi connectivity index (χ0) is 44.5. The molecule has 0 aliphatic rings. The Morgan fingerprint density at radius 3 is 1.70 bits per heavy atom. The first kappa shape index (κ1) is 45.1. The second-order valence-corrected chi connectivity index (χ2v) is 16.1. The highest BCUT2D eigenvalue weighted by Gasteiger charge is 2.30. The fourth-order valence-electron chi connectivity index (χ4n) is 5.11. The largest absolute Gasteiger partial charge is 0.481 e. The van der Waals surface area contributed by atoms with Gasteiger partial charge in [0.05, 0.1) is 5.56 Å². The Kier molecular flexibility index (Phi) is 14.3. The predicted molar refractivity (Wildman–Crippen MR) is 217 cm³/mol. The van der Waals surface area contributed by atoms with Gasteiger partial charge in [0, 0.05) is 12.5 Å². The summed E-state index contributed by atoms with van der Waals surface area (Å²) in [6, 6.07) is 21.3. The third-order valence-electron chi connectivity index (χ3n) is 7.81. The van der Waals surface area contributed by atoms with Gasteiger partial charge in [0.15, 0.2) is 5.01 Å². The molecule has 0 unspecified atom stereocenters. The second-order valence-electron chi connectivity index (χ2n) is 15.0. The molecular weight excluding hydrogens is 819 g/mol. The Hall–Kier alpha value is -7.01. The number of nitrogens with zero attached hydrogens (tertiary/aromatic N) is 2. The summed E-state index contributed by atoms with van der Waals surface area (Å²) in [4.78, 5) is 61.8. The van der Waals surface area contributed by atoms with Crippen molar-refractivity contribution in [2.24, 2.45) is 0 Å². The lowest BCUT2D eigenvalue weighted by atomic mass is 10.1. The van der Waals surface area contributed by atoms with Crippen LogP contribution in [0.4, 0.5) is 8.78 Å². The second kappa shape index (κ2) is 19.4. The predicted octanol–water partition coefficient (Wildman–Crippen LogP) is 8.43. The van der Waals surface area contributed by atoms with E-state index in [1.54, 1.807) is 65.8 Å². The fraction of sp³-hybridized carbons (Fsp3) is 0.250. The molecule has 3 aromatic heterocycles. The van der Waals surface area contributed by atoms with Crippen LogP contribution in [-0.4, -0.2) is 44.4 Å². The number of esters is 2. The third kappa shape index (κ3) is 12.5. The lowest BCUT2D eigenvalue weighted by Crippen LogP contribution is -2.26. The van der Waals surface area contributed by atoms with Crippen LogP contribution in [0.5, 0.6) is 11.5 Å². The standard InChI is InChI=1S/C26H22F2N2O5S.C18H18O7/c1-26(2,3)35-25(32)23-22(33-13-15-7-5-4-6-8-15)21(31)18(14-34-23)24-30-29-20(36-24)11-16-9-10-17(27)12-19(16)28;1-18(2,3)25-17(22)15-14(13(19)12(10-24-15)16(20)21)23-9-11-7-5-4-6-8-11/h4-10,12,14H,11,13H2,1-3H3;4-8,10H,9H2,1-3H3,(H,20,21). The Morgan fingerprint density at radius 2 is 1.21 bits per heavy atom. The van der Waals surface area contributed by atoms with Gasteiger partial charge in [-0.1, -0.05) is 78.1 Å². The molecule has 0 saturated heterocycles. The van der Waals surface area contributed by atoms with Gasteiger partial charge in [-0.25, -0.2) is 23.2 Å². The molecule has 0 aliphatic carbocycles. The van der Waals surface area contributed by atoms with Gasteiger partial charge in [-0.05, 0) is 64.3 Å². The number of carbonyl (C=O) groups excluding carboxylic acids is 2. The first-order chi connectivity index (χ1) is 28.8. The number of carbonyl (C=O) groups is 3. The number of aromatic nitrogens is 2. The normalized spacial score (nSPS) is 11.2. The summed E-state index contributed by atoms with van der Waals surface area (Å²) < 4.78 is 59.5. The third-order valence-corrected chi connectivity index (χ3v) is 8.76. The molecule has 6 aromatic rings. The molecule has 0 saturated carbocycles. The minimum absolute atomic E-state index is 0.00998. The molecule has 318 valence electrons. The summed E-state index contributed by atoms with van der Waals surface area (Å²) in [7, 11) is 0. The Balaban J connectivity index is 0.000000247. The maximum absolute atomic E-state index is 14.0. The van der Waals surface area contributed by atoms with Crippen LogP contribution < -0.4 is 20.3 Å². The summed E-state index contributed by atoms with van der Waals surface area (Å²) in [6.45, 7) is 10.00. The van der Waals surface area contributed by atoms with E-state index >= 15 is 0 Å². The number of benzene rings is 3. The molecular formula is C44H40F2N2O12S. The van der Waals surface area contributed by atoms with Crippen molar-refractivity contribution < 1.29 is 56.1 Å². The number of carboxylic acid groups (broad SMARTS) is 1. The van der Waals surface area contributed by atoms with Gasteiger partial charge >= 0.3 is 17.9 Å². The van der Waals surface area contributed by atoms with Crippen molar-refractivity contribution in [3.8, 4) is 22.1 Å². The lowest BCUT2D eigenvalue weighted by Gasteiger charge is -2.19. The zero-order valence-electron chi connectivity index (χ0n) is 33.8. The number of rotatable bonds is 12. The van der Waals surface area contributed by atoms with Crippen molar-refractivity contribution in [3.63, 3.8) is 0 Å². The van der Waals surface area contributed by atoms with Crippen LogP contribution in [0.1, 0.15) is 94.7 Å². The topological polar surface area (TPSA) is 195 Å². The Morgan fingerprint density at radius 1 is 0.705 bits per heavy atom. The zero-order valence-corrected chi connectivity index (χ0v) is 34.6. The van der Waals surface area contributed by atoms with Gasteiger partial charge in [0.1, 0.15) is 59.1 Å². The van der Waals surface area contributed by atoms with E-state index in [1.165, 1.54) is 6.07 Å². The molecule has 0 amide bonds. The summed E-state index contributed by atoms with van der Waals surface area (Å²) in [5.41, 5.74) is -2.09. The highest BCUT2D eigenvalue weighted by atomic mass is 32.1. The van der Waals surface area contributed by atoms with Crippen molar-refractivity contribution >= 4 is 29.2 Å². The monoisotopic (exact) mass is 858 g/mol. The van der Waals surface area contributed by atoms with Crippen molar-refractivity contribution in [3.05, 3.63) is 162 Å². The van der Waals surface area contributed by atoms with Crippen LogP contribution >= 0.6 is 11.3 Å². The molecule has 6 rings (SSSR count). The smallest absolute Gasteiger partial charge is 0.378 e. The molecule has 0 fully saturated rings. The molecule has 3 heterocycles. The molecule has 0 radical (unpaired) electrons. The van der Waals surface area contributed by atoms with E-state index in [9.17, 15) is 32.8 Å². The van der Waals surface area contributed by atoms with Crippen LogP contribution in [0.3, 0.4) is 0 Å². The minimum Gasteiger partial charge on any atom is -0.481 e. The Bertz CT molecular complexity index is 2630. The molecule has 0 bridgehead atoms. The molecule has 0 aliphatic heterocycles. The maximum Gasteiger partial charge on any atom is 0.378 e. The average molecular weight is 859 g/mol. The van der Waals surface area contributed by atoms with E-state index < -0.39 is 68.7 Å². The van der Waals surface area contributed by atoms with Crippen LogP contribution in [0.15, 0.2) is 110 Å². The van der Waals surface area contributed by atoms with Gasteiger partial charge in [-0.15, -0.1) is 10.2 Å². The molecule has 17 heteroatoms. The van der Waals surface area contributed by atoms with Crippen molar-refractivity contribution in [2.75, 3.05) is 0 Å². The lowest BCUT2D eigenvalue weighted by molar-refractivity contribution is 0.00147. The average Bonchev–Trinajstić information content (AvgIpc) is 3.65. The Labute approximate surface area is 351 Å². The van der Waals surface area contributed by atoms with Crippen LogP contribution in [0.25, 0.3) is 10.6 Å². The number of hydrogen-bond acceptors (Lipinski definition) is 14. The van der Waals surface area contributed by atoms with E-state index in [4.69, 9.17) is 32.9 Å². The maximum atomic E-state index is 14.0. The van der Waals surface area contributed by atoms with Crippen LogP contribution in [0.2, 0.25) is 0 Å².